The number of nitrogens with zero attached hydrogens (tertiary/aromatic N) is 1. The van der Waals surface area contributed by atoms with E-state index in [9.17, 15) is 14.9 Å². The van der Waals surface area contributed by atoms with E-state index >= 15 is 0 Å². The third kappa shape index (κ3) is 2.37. The molecule has 1 aliphatic rings. The number of rotatable bonds is 3. The Hall–Kier alpha value is -2.95. The summed E-state index contributed by atoms with van der Waals surface area (Å²) in [5, 5.41) is 10.7. The van der Waals surface area contributed by atoms with Gasteiger partial charge in [0.1, 0.15) is 6.10 Å². The minimum absolute atomic E-state index is 0.00293. The molecule has 5 heteroatoms. The van der Waals surface area contributed by atoms with Crippen LogP contribution in [0.25, 0.3) is 0 Å². The first-order chi connectivity index (χ1) is 10.6. The van der Waals surface area contributed by atoms with Crippen molar-refractivity contribution in [3.05, 3.63) is 88.0 Å². The normalized spacial score (nSPS) is 20.7. The summed E-state index contributed by atoms with van der Waals surface area (Å²) in [5.74, 6) is -0.715. The topological polar surface area (TPSA) is 69.4 Å². The lowest BCUT2D eigenvalue weighted by atomic mass is 9.86. The molecule has 22 heavy (non-hydrogen) atoms. The smallest absolute Gasteiger partial charge is 0.334 e. The number of non-ortho nitro benzene ring substituents is 1. The van der Waals surface area contributed by atoms with Crippen LogP contribution in [0.1, 0.15) is 23.1 Å². The van der Waals surface area contributed by atoms with Gasteiger partial charge in [0.25, 0.3) is 5.69 Å². The minimum Gasteiger partial charge on any atom is -0.453 e. The number of benzene rings is 2. The number of carbonyl (C=O) groups is 1. The fraction of sp³-hybridized carbons (Fsp3) is 0.118. The van der Waals surface area contributed by atoms with Crippen LogP contribution in [0.5, 0.6) is 0 Å². The van der Waals surface area contributed by atoms with Gasteiger partial charge in [-0.2, -0.15) is 0 Å². The Bertz CT molecular complexity index is 737. The molecule has 1 aliphatic heterocycles. The Kier molecular flexibility index (Phi) is 3.47. The number of cyclic esters (lactones) is 1. The molecule has 0 amide bonds. The highest BCUT2D eigenvalue weighted by atomic mass is 16.6. The summed E-state index contributed by atoms with van der Waals surface area (Å²) in [4.78, 5) is 22.2. The first-order valence-electron chi connectivity index (χ1n) is 6.77. The van der Waals surface area contributed by atoms with Gasteiger partial charge in [0.05, 0.1) is 10.8 Å². The van der Waals surface area contributed by atoms with Crippen molar-refractivity contribution < 1.29 is 14.5 Å². The van der Waals surface area contributed by atoms with Crippen LogP contribution in [-0.4, -0.2) is 10.9 Å². The predicted octanol–water partition coefficient (Wildman–Crippen LogP) is 3.53. The predicted molar refractivity (Wildman–Crippen MR) is 80.3 cm³/mol. The van der Waals surface area contributed by atoms with E-state index in [1.165, 1.54) is 12.1 Å². The van der Waals surface area contributed by atoms with Crippen LogP contribution in [0.3, 0.4) is 0 Å². The van der Waals surface area contributed by atoms with Gasteiger partial charge in [-0.3, -0.25) is 10.1 Å². The third-order valence-electron chi connectivity index (χ3n) is 3.77. The van der Waals surface area contributed by atoms with Crippen molar-refractivity contribution in [2.75, 3.05) is 0 Å². The molecule has 0 saturated carbocycles. The van der Waals surface area contributed by atoms with Crippen LogP contribution in [0.4, 0.5) is 5.69 Å². The lowest BCUT2D eigenvalue weighted by Gasteiger charge is -2.18. The molecule has 2 aromatic rings. The second kappa shape index (κ2) is 5.44. The summed E-state index contributed by atoms with van der Waals surface area (Å²) in [5.41, 5.74) is 2.05. The van der Waals surface area contributed by atoms with E-state index in [2.05, 4.69) is 6.58 Å². The van der Waals surface area contributed by atoms with Gasteiger partial charge in [-0.25, -0.2) is 4.79 Å². The van der Waals surface area contributed by atoms with E-state index in [4.69, 9.17) is 4.74 Å². The maximum absolute atomic E-state index is 11.9. The molecule has 0 unspecified atom stereocenters. The van der Waals surface area contributed by atoms with Gasteiger partial charge in [-0.15, -0.1) is 0 Å². The molecule has 0 radical (unpaired) electrons. The summed E-state index contributed by atoms with van der Waals surface area (Å²) in [6.45, 7) is 3.83. The quantitative estimate of drug-likeness (QED) is 0.376. The molecule has 0 bridgehead atoms. The summed E-state index contributed by atoms with van der Waals surface area (Å²) >= 11 is 0. The first kappa shape index (κ1) is 14.0. The fourth-order valence-electron chi connectivity index (χ4n) is 2.65. The van der Waals surface area contributed by atoms with Crippen LogP contribution in [0.15, 0.2) is 66.7 Å². The number of ether oxygens (including phenoxy) is 1. The monoisotopic (exact) mass is 295 g/mol. The number of nitro groups is 1. The Morgan fingerprint density at radius 3 is 2.23 bits per heavy atom. The summed E-state index contributed by atoms with van der Waals surface area (Å²) in [6, 6.07) is 15.5. The van der Waals surface area contributed by atoms with Crippen LogP contribution in [0, 0.1) is 10.1 Å². The van der Waals surface area contributed by atoms with Gasteiger partial charge in [-0.1, -0.05) is 36.9 Å². The Labute approximate surface area is 127 Å². The molecule has 110 valence electrons. The fourth-order valence-corrected chi connectivity index (χ4v) is 2.65. The molecule has 0 spiro atoms. The molecule has 2 atom stereocenters. The molecule has 1 saturated heterocycles. The molecule has 0 aromatic heterocycles. The Balaban J connectivity index is 1.99. The van der Waals surface area contributed by atoms with Crippen molar-refractivity contribution in [3.8, 4) is 0 Å². The zero-order chi connectivity index (χ0) is 15.7. The highest BCUT2D eigenvalue weighted by Gasteiger charge is 2.40. The van der Waals surface area contributed by atoms with Gasteiger partial charge in [0, 0.05) is 17.7 Å². The van der Waals surface area contributed by atoms with Crippen LogP contribution < -0.4 is 0 Å². The van der Waals surface area contributed by atoms with Crippen molar-refractivity contribution in [2.24, 2.45) is 0 Å². The largest absolute Gasteiger partial charge is 0.453 e. The zero-order valence-corrected chi connectivity index (χ0v) is 11.6. The summed E-state index contributed by atoms with van der Waals surface area (Å²) in [6.07, 6.45) is -0.511. The average molecular weight is 295 g/mol. The molecule has 1 fully saturated rings. The molecule has 0 aliphatic carbocycles. The van der Waals surface area contributed by atoms with Gasteiger partial charge in [0.2, 0.25) is 0 Å². The number of carbonyl (C=O) groups excluding carboxylic acids is 1. The summed E-state index contributed by atoms with van der Waals surface area (Å²) < 4.78 is 5.42. The van der Waals surface area contributed by atoms with Gasteiger partial charge in [-0.05, 0) is 23.3 Å². The van der Waals surface area contributed by atoms with Crippen LogP contribution in [-0.2, 0) is 9.53 Å². The van der Waals surface area contributed by atoms with E-state index in [0.717, 1.165) is 5.56 Å². The second-order valence-corrected chi connectivity index (χ2v) is 5.09. The highest BCUT2D eigenvalue weighted by Crippen LogP contribution is 2.45. The van der Waals surface area contributed by atoms with E-state index < -0.39 is 17.0 Å². The van der Waals surface area contributed by atoms with Crippen LogP contribution >= 0.6 is 0 Å². The van der Waals surface area contributed by atoms with Crippen molar-refractivity contribution >= 4 is 11.7 Å². The van der Waals surface area contributed by atoms with E-state index in [1.54, 1.807) is 12.1 Å². The average Bonchev–Trinajstić information content (AvgIpc) is 2.84. The standard InChI is InChI=1S/C17H13NO4/c1-11-15(12-5-3-2-4-6-12)16(22-17(11)19)13-7-9-14(10-8-13)18(20)21/h2-10,15-16H,1H2/t15-,16+/m1/s1. The Morgan fingerprint density at radius 2 is 1.64 bits per heavy atom. The second-order valence-electron chi connectivity index (χ2n) is 5.09. The van der Waals surface area contributed by atoms with Crippen molar-refractivity contribution in [3.63, 3.8) is 0 Å². The highest BCUT2D eigenvalue weighted by molar-refractivity contribution is 5.92. The van der Waals surface area contributed by atoms with E-state index in [-0.39, 0.29) is 11.6 Å². The number of nitro benzene ring substituents is 1. The van der Waals surface area contributed by atoms with Gasteiger partial charge >= 0.3 is 5.97 Å². The molecular weight excluding hydrogens is 282 g/mol. The van der Waals surface area contributed by atoms with Crippen molar-refractivity contribution in [1.29, 1.82) is 0 Å². The molecule has 5 nitrogen and oxygen atoms in total. The Morgan fingerprint density at radius 1 is 1.00 bits per heavy atom. The lowest BCUT2D eigenvalue weighted by Crippen LogP contribution is -2.07. The third-order valence-corrected chi connectivity index (χ3v) is 3.77. The molecule has 0 N–H and O–H groups in total. The number of hydrogen-bond donors (Lipinski definition) is 0. The van der Waals surface area contributed by atoms with Crippen LogP contribution in [0.2, 0.25) is 0 Å². The number of esters is 1. The van der Waals surface area contributed by atoms with E-state index in [1.807, 2.05) is 30.3 Å². The zero-order valence-electron chi connectivity index (χ0n) is 11.6. The molecular formula is C17H13NO4. The van der Waals surface area contributed by atoms with E-state index in [0.29, 0.717) is 11.1 Å². The minimum atomic E-state index is -0.511. The van der Waals surface area contributed by atoms with Gasteiger partial charge in [0.15, 0.2) is 0 Å². The van der Waals surface area contributed by atoms with Crippen molar-refractivity contribution in [2.45, 2.75) is 12.0 Å². The maximum Gasteiger partial charge on any atom is 0.334 e. The molecule has 1 heterocycles. The molecule has 3 rings (SSSR count). The van der Waals surface area contributed by atoms with Gasteiger partial charge < -0.3 is 4.74 Å². The lowest BCUT2D eigenvalue weighted by molar-refractivity contribution is -0.384. The first-order valence-corrected chi connectivity index (χ1v) is 6.77. The maximum atomic E-state index is 11.9. The molecule has 2 aromatic carbocycles. The van der Waals surface area contributed by atoms with Crippen molar-refractivity contribution in [1.82, 2.24) is 0 Å². The summed E-state index contributed by atoms with van der Waals surface area (Å²) in [7, 11) is 0. The SMILES string of the molecule is C=C1C(=O)O[C@@H](c2ccc([N+](=O)[O-])cc2)[C@H]1c1ccccc1. The number of hydrogen-bond acceptors (Lipinski definition) is 4.